The Kier molecular flexibility index (Phi) is 12.1. The van der Waals surface area contributed by atoms with Gasteiger partial charge in [-0.05, 0) is 20.6 Å². The summed E-state index contributed by atoms with van der Waals surface area (Å²) in [4.78, 5) is 2.19. The summed E-state index contributed by atoms with van der Waals surface area (Å²) in [6.45, 7) is 6.40. The van der Waals surface area contributed by atoms with Crippen LogP contribution < -0.4 is 0 Å². The summed E-state index contributed by atoms with van der Waals surface area (Å²) in [5, 5.41) is 4.37. The third-order valence-corrected chi connectivity index (χ3v) is 1.26. The van der Waals surface area contributed by atoms with Gasteiger partial charge in [0.2, 0.25) is 0 Å². The molecule has 3 heteroatoms. The van der Waals surface area contributed by atoms with Gasteiger partial charge in [0.05, 0.1) is 0 Å². The molecule has 2 nitrogen and oxygen atoms in total. The summed E-state index contributed by atoms with van der Waals surface area (Å²) >= 11 is 0. The van der Waals surface area contributed by atoms with Crippen molar-refractivity contribution in [1.29, 1.82) is 0 Å². The van der Waals surface area contributed by atoms with Crippen LogP contribution in [0.15, 0.2) is 0 Å². The van der Waals surface area contributed by atoms with E-state index >= 15 is 0 Å². The van der Waals surface area contributed by atoms with E-state index in [1.165, 1.54) is 6.42 Å². The fourth-order valence-electron chi connectivity index (χ4n) is 0.736. The number of rotatable bonds is 5. The molecule has 0 heterocycles. The van der Waals surface area contributed by atoms with Crippen LogP contribution in [-0.4, -0.2) is 38.1 Å². The van der Waals surface area contributed by atoms with E-state index in [0.29, 0.717) is 6.04 Å². The van der Waals surface area contributed by atoms with Crippen molar-refractivity contribution in [3.63, 3.8) is 0 Å². The average molecular weight is 232 g/mol. The van der Waals surface area contributed by atoms with Gasteiger partial charge in [-0.25, -0.2) is 0 Å². The van der Waals surface area contributed by atoms with Crippen molar-refractivity contribution in [2.24, 2.45) is 0 Å². The van der Waals surface area contributed by atoms with Crippen LogP contribution in [-0.2, 0) is 32.7 Å². The van der Waals surface area contributed by atoms with Gasteiger partial charge in [-0.1, -0.05) is 20.3 Å². The Balaban J connectivity index is 0. The predicted octanol–water partition coefficient (Wildman–Crippen LogP) is 1.72. The van der Waals surface area contributed by atoms with Crippen molar-refractivity contribution in [2.75, 3.05) is 27.2 Å². The van der Waals surface area contributed by atoms with E-state index in [0.717, 1.165) is 13.1 Å². The quantitative estimate of drug-likeness (QED) is 0.660. The Morgan fingerprint density at radius 1 is 1.27 bits per heavy atom. The molecule has 0 amide bonds. The molecule has 65 valence electrons. The van der Waals surface area contributed by atoms with Crippen LogP contribution in [0.25, 0.3) is 5.32 Å². The van der Waals surface area contributed by atoms with E-state index in [-0.39, 0.29) is 32.7 Å². The van der Waals surface area contributed by atoms with Gasteiger partial charge in [-0.15, -0.1) is 12.6 Å². The molecule has 0 N–H and O–H groups in total. The van der Waals surface area contributed by atoms with Gasteiger partial charge in [-0.3, -0.25) is 0 Å². The summed E-state index contributed by atoms with van der Waals surface area (Å²) in [6, 6.07) is 0.502. The first kappa shape index (κ1) is 14.5. The Hall–Kier alpha value is 1.02. The normalized spacial score (nSPS) is 10.4. The molecule has 0 spiro atoms. The van der Waals surface area contributed by atoms with E-state index in [2.05, 4.69) is 38.2 Å². The predicted molar refractivity (Wildman–Crippen MR) is 46.5 cm³/mol. The molecule has 0 unspecified atom stereocenters. The molecular weight excluding hydrogens is 213 g/mol. The number of hydrogen-bond acceptors (Lipinski definition) is 1. The van der Waals surface area contributed by atoms with Crippen LogP contribution >= 0.6 is 0 Å². The van der Waals surface area contributed by atoms with Gasteiger partial charge < -0.3 is 10.2 Å². The van der Waals surface area contributed by atoms with Crippen LogP contribution in [0.4, 0.5) is 0 Å². The van der Waals surface area contributed by atoms with E-state index in [9.17, 15) is 0 Å². The van der Waals surface area contributed by atoms with Gasteiger partial charge in [0.25, 0.3) is 0 Å². The summed E-state index contributed by atoms with van der Waals surface area (Å²) in [5.41, 5.74) is 0. The second-order valence-electron chi connectivity index (χ2n) is 3.16. The van der Waals surface area contributed by atoms with Gasteiger partial charge in [0.15, 0.2) is 0 Å². The summed E-state index contributed by atoms with van der Waals surface area (Å²) in [5.74, 6) is 0. The standard InChI is InChI=1S/C8H19N2.Y/c1-8(2)9-6-5-7-10(3)4;/h8H,5-7H2,1-4H3;/q-1;. The first-order valence-electron chi connectivity index (χ1n) is 3.94. The van der Waals surface area contributed by atoms with Crippen molar-refractivity contribution in [1.82, 2.24) is 4.90 Å². The van der Waals surface area contributed by atoms with Crippen LogP contribution in [0.2, 0.25) is 0 Å². The minimum atomic E-state index is 0. The third kappa shape index (κ3) is 13.9. The van der Waals surface area contributed by atoms with Gasteiger partial charge in [-0.2, -0.15) is 0 Å². The molecule has 1 radical (unpaired) electrons. The SMILES string of the molecule is CC(C)[N-]CCCN(C)C.[Y]. The fourth-order valence-corrected chi connectivity index (χ4v) is 0.736. The topological polar surface area (TPSA) is 17.3 Å². The van der Waals surface area contributed by atoms with E-state index in [1.807, 2.05) is 0 Å². The Labute approximate surface area is 96.0 Å². The second-order valence-corrected chi connectivity index (χ2v) is 3.16. The minimum absolute atomic E-state index is 0. The largest absolute Gasteiger partial charge is 0.660 e. The molecule has 0 aliphatic heterocycles. The van der Waals surface area contributed by atoms with Crippen molar-refractivity contribution in [3.05, 3.63) is 5.32 Å². The fraction of sp³-hybridized carbons (Fsp3) is 1.00. The first-order chi connectivity index (χ1) is 4.63. The number of hydrogen-bond donors (Lipinski definition) is 0. The van der Waals surface area contributed by atoms with Crippen molar-refractivity contribution < 1.29 is 32.7 Å². The van der Waals surface area contributed by atoms with Crippen molar-refractivity contribution in [2.45, 2.75) is 26.3 Å². The average Bonchev–Trinajstić information content (AvgIpc) is 1.79. The molecule has 0 aliphatic carbocycles. The zero-order chi connectivity index (χ0) is 7.98. The molecule has 0 aromatic rings. The number of nitrogens with zero attached hydrogens (tertiary/aromatic N) is 2. The van der Waals surface area contributed by atoms with Crippen LogP contribution in [0.5, 0.6) is 0 Å². The molecule has 0 saturated heterocycles. The van der Waals surface area contributed by atoms with E-state index in [1.54, 1.807) is 0 Å². The van der Waals surface area contributed by atoms with Crippen molar-refractivity contribution in [3.8, 4) is 0 Å². The van der Waals surface area contributed by atoms with Crippen molar-refractivity contribution >= 4 is 0 Å². The maximum atomic E-state index is 4.37. The second kappa shape index (κ2) is 9.11. The first-order valence-corrected chi connectivity index (χ1v) is 3.94. The molecule has 0 rings (SSSR count). The summed E-state index contributed by atoms with van der Waals surface area (Å²) in [6.07, 6.45) is 1.19. The molecule has 0 atom stereocenters. The molecule has 0 aliphatic rings. The smallest absolute Gasteiger partial charge is 0 e. The van der Waals surface area contributed by atoms with E-state index < -0.39 is 0 Å². The maximum absolute atomic E-state index is 4.37. The third-order valence-electron chi connectivity index (χ3n) is 1.26. The Morgan fingerprint density at radius 3 is 2.18 bits per heavy atom. The molecular formula is C8H19N2Y-. The molecule has 0 fully saturated rings. The van der Waals surface area contributed by atoms with Gasteiger partial charge >= 0.3 is 0 Å². The maximum Gasteiger partial charge on any atom is 0 e. The van der Waals surface area contributed by atoms with E-state index in [4.69, 9.17) is 0 Å². The molecule has 11 heavy (non-hydrogen) atoms. The van der Waals surface area contributed by atoms with Crippen LogP contribution in [0, 0.1) is 0 Å². The Bertz CT molecular complexity index is 64.5. The van der Waals surface area contributed by atoms with Crippen LogP contribution in [0.3, 0.4) is 0 Å². The summed E-state index contributed by atoms with van der Waals surface area (Å²) < 4.78 is 0. The zero-order valence-electron chi connectivity index (χ0n) is 8.17. The molecule has 0 saturated carbocycles. The molecule has 0 bridgehead atoms. The van der Waals surface area contributed by atoms with Gasteiger partial charge in [0.1, 0.15) is 0 Å². The monoisotopic (exact) mass is 232 g/mol. The minimum Gasteiger partial charge on any atom is -0.660 e. The van der Waals surface area contributed by atoms with Gasteiger partial charge in [0, 0.05) is 32.7 Å². The zero-order valence-corrected chi connectivity index (χ0v) is 11.0. The summed E-state index contributed by atoms with van der Waals surface area (Å²) in [7, 11) is 4.19. The molecule has 0 aromatic carbocycles. The molecule has 0 aromatic heterocycles. The Morgan fingerprint density at radius 2 is 1.82 bits per heavy atom. The van der Waals surface area contributed by atoms with Crippen LogP contribution in [0.1, 0.15) is 20.3 Å².